The first-order valence-electron chi connectivity index (χ1n) is 5.12. The molecule has 1 aromatic rings. The van der Waals surface area contributed by atoms with Gasteiger partial charge < -0.3 is 4.74 Å². The summed E-state index contributed by atoms with van der Waals surface area (Å²) in [5.74, 6) is -0.0235. The Morgan fingerprint density at radius 3 is 2.67 bits per heavy atom. The maximum absolute atomic E-state index is 11.6. The molecular weight excluding hydrogens is 192 g/mol. The summed E-state index contributed by atoms with van der Waals surface area (Å²) >= 11 is 0. The van der Waals surface area contributed by atoms with Gasteiger partial charge in [-0.05, 0) is 27.7 Å². The van der Waals surface area contributed by atoms with E-state index in [1.54, 1.807) is 17.1 Å². The van der Waals surface area contributed by atoms with Crippen molar-refractivity contribution in [2.75, 3.05) is 6.61 Å². The molecule has 0 aromatic carbocycles. The number of aromatic nitrogens is 2. The number of ether oxygens (including phenoxy) is 1. The van der Waals surface area contributed by atoms with E-state index in [2.05, 4.69) is 5.10 Å². The van der Waals surface area contributed by atoms with Crippen molar-refractivity contribution in [1.82, 2.24) is 9.78 Å². The lowest BCUT2D eigenvalue weighted by atomic mass is 10.2. The van der Waals surface area contributed by atoms with Gasteiger partial charge in [-0.15, -0.1) is 0 Å². The molecule has 0 saturated heterocycles. The second kappa shape index (κ2) is 4.57. The van der Waals surface area contributed by atoms with Gasteiger partial charge in [-0.25, -0.2) is 0 Å². The van der Waals surface area contributed by atoms with Gasteiger partial charge in [-0.3, -0.25) is 9.48 Å². The van der Waals surface area contributed by atoms with Crippen molar-refractivity contribution in [1.29, 1.82) is 0 Å². The molecule has 15 heavy (non-hydrogen) atoms. The summed E-state index contributed by atoms with van der Waals surface area (Å²) in [4.78, 5) is 11.6. The highest BCUT2D eigenvalue weighted by Crippen LogP contribution is 2.08. The van der Waals surface area contributed by atoms with Crippen LogP contribution in [0.4, 0.5) is 0 Å². The molecule has 0 radical (unpaired) electrons. The van der Waals surface area contributed by atoms with Crippen molar-refractivity contribution in [2.24, 2.45) is 0 Å². The molecule has 0 aliphatic rings. The third-order valence-electron chi connectivity index (χ3n) is 1.92. The van der Waals surface area contributed by atoms with Crippen LogP contribution in [0.3, 0.4) is 0 Å². The summed E-state index contributed by atoms with van der Waals surface area (Å²) < 4.78 is 7.13. The lowest BCUT2D eigenvalue weighted by Crippen LogP contribution is -2.23. The smallest absolute Gasteiger partial charge is 0.191 e. The van der Waals surface area contributed by atoms with E-state index < -0.39 is 0 Å². The third-order valence-corrected chi connectivity index (χ3v) is 1.92. The Hall–Kier alpha value is -1.16. The van der Waals surface area contributed by atoms with E-state index in [1.165, 1.54) is 0 Å². The quantitative estimate of drug-likeness (QED) is 0.713. The molecule has 0 atom stereocenters. The van der Waals surface area contributed by atoms with E-state index in [4.69, 9.17) is 4.74 Å². The Morgan fingerprint density at radius 2 is 2.20 bits per heavy atom. The summed E-state index contributed by atoms with van der Waals surface area (Å²) in [5.41, 5.74) is 0.331. The molecule has 84 valence electrons. The molecule has 1 rings (SSSR count). The highest BCUT2D eigenvalue weighted by molar-refractivity contribution is 5.96. The molecule has 0 aliphatic heterocycles. The third kappa shape index (κ3) is 3.83. The first-order chi connectivity index (χ1) is 6.92. The minimum atomic E-state index is -0.281. The van der Waals surface area contributed by atoms with Crippen LogP contribution in [-0.4, -0.2) is 27.8 Å². The van der Waals surface area contributed by atoms with Gasteiger partial charge in [0.2, 0.25) is 0 Å². The second-order valence-electron chi connectivity index (χ2n) is 4.41. The summed E-state index contributed by atoms with van der Waals surface area (Å²) in [5, 5.41) is 4.04. The predicted molar refractivity (Wildman–Crippen MR) is 57.9 cm³/mol. The lowest BCUT2D eigenvalue weighted by molar-refractivity contribution is 0.00306. The number of hydrogen-bond acceptors (Lipinski definition) is 3. The SMILES string of the molecule is CCn1cc(C(=O)COC(C)(C)C)cn1. The van der Waals surface area contributed by atoms with Crippen molar-refractivity contribution in [3.63, 3.8) is 0 Å². The van der Waals surface area contributed by atoms with Crippen molar-refractivity contribution < 1.29 is 9.53 Å². The molecular formula is C11H18N2O2. The molecule has 4 heteroatoms. The minimum absolute atomic E-state index is 0.0235. The first-order valence-corrected chi connectivity index (χ1v) is 5.12. The molecule has 0 unspecified atom stereocenters. The monoisotopic (exact) mass is 210 g/mol. The van der Waals surface area contributed by atoms with E-state index >= 15 is 0 Å². The van der Waals surface area contributed by atoms with Crippen LogP contribution in [0.2, 0.25) is 0 Å². The van der Waals surface area contributed by atoms with Crippen LogP contribution in [0.15, 0.2) is 12.4 Å². The molecule has 0 amide bonds. The standard InChI is InChI=1S/C11H18N2O2/c1-5-13-7-9(6-12-13)10(14)8-15-11(2,3)4/h6-7H,5,8H2,1-4H3. The number of nitrogens with zero attached hydrogens (tertiary/aromatic N) is 2. The fourth-order valence-electron chi connectivity index (χ4n) is 1.05. The first kappa shape index (κ1) is 11.9. The molecule has 0 fully saturated rings. The molecule has 0 aliphatic carbocycles. The molecule has 0 bridgehead atoms. The second-order valence-corrected chi connectivity index (χ2v) is 4.41. The maximum atomic E-state index is 11.6. The maximum Gasteiger partial charge on any atom is 0.191 e. The van der Waals surface area contributed by atoms with E-state index in [0.717, 1.165) is 6.54 Å². The Bertz CT molecular complexity index is 337. The normalized spacial score (nSPS) is 11.7. The average molecular weight is 210 g/mol. The van der Waals surface area contributed by atoms with Gasteiger partial charge in [0.05, 0.1) is 17.4 Å². The van der Waals surface area contributed by atoms with Gasteiger partial charge in [0.15, 0.2) is 5.78 Å². The van der Waals surface area contributed by atoms with Crippen molar-refractivity contribution in [3.05, 3.63) is 18.0 Å². The predicted octanol–water partition coefficient (Wildman–Crippen LogP) is 1.90. The minimum Gasteiger partial charge on any atom is -0.368 e. The number of ketones is 1. The number of rotatable bonds is 4. The van der Waals surface area contributed by atoms with Gasteiger partial charge in [0.25, 0.3) is 0 Å². The molecule has 0 saturated carbocycles. The molecule has 0 spiro atoms. The summed E-state index contributed by atoms with van der Waals surface area (Å²) in [6.07, 6.45) is 3.33. The van der Waals surface area contributed by atoms with Crippen molar-refractivity contribution in [3.8, 4) is 0 Å². The van der Waals surface area contributed by atoms with Gasteiger partial charge in [-0.2, -0.15) is 5.10 Å². The van der Waals surface area contributed by atoms with E-state index in [0.29, 0.717) is 5.56 Å². The Balaban J connectivity index is 2.54. The van der Waals surface area contributed by atoms with Crippen LogP contribution in [-0.2, 0) is 11.3 Å². The Morgan fingerprint density at radius 1 is 1.53 bits per heavy atom. The number of carbonyl (C=O) groups is 1. The van der Waals surface area contributed by atoms with Crippen molar-refractivity contribution in [2.45, 2.75) is 39.8 Å². The van der Waals surface area contributed by atoms with Crippen LogP contribution < -0.4 is 0 Å². The zero-order valence-electron chi connectivity index (χ0n) is 9.78. The van der Waals surface area contributed by atoms with Crippen LogP contribution in [0.25, 0.3) is 0 Å². The van der Waals surface area contributed by atoms with Gasteiger partial charge in [0.1, 0.15) is 6.61 Å². The number of hydrogen-bond donors (Lipinski definition) is 0. The zero-order valence-corrected chi connectivity index (χ0v) is 9.78. The number of Topliss-reactive ketones (excluding diaryl/α,β-unsaturated/α-hetero) is 1. The molecule has 1 heterocycles. The average Bonchev–Trinajstić information content (AvgIpc) is 2.61. The van der Waals surface area contributed by atoms with Crippen molar-refractivity contribution >= 4 is 5.78 Å². The van der Waals surface area contributed by atoms with E-state index in [-0.39, 0.29) is 18.0 Å². The van der Waals surface area contributed by atoms with Gasteiger partial charge >= 0.3 is 0 Å². The van der Waals surface area contributed by atoms with Gasteiger partial charge in [-0.1, -0.05) is 0 Å². The highest BCUT2D eigenvalue weighted by Gasteiger charge is 2.15. The largest absolute Gasteiger partial charge is 0.368 e. The summed E-state index contributed by atoms with van der Waals surface area (Å²) in [7, 11) is 0. The zero-order chi connectivity index (χ0) is 11.5. The van der Waals surface area contributed by atoms with Crippen LogP contribution >= 0.6 is 0 Å². The van der Waals surface area contributed by atoms with Gasteiger partial charge in [0, 0.05) is 12.7 Å². The fraction of sp³-hybridized carbons (Fsp3) is 0.636. The van der Waals surface area contributed by atoms with Crippen LogP contribution in [0.1, 0.15) is 38.1 Å². The number of aryl methyl sites for hydroxylation is 1. The summed E-state index contributed by atoms with van der Waals surface area (Å²) in [6, 6.07) is 0. The topological polar surface area (TPSA) is 44.1 Å². The fourth-order valence-corrected chi connectivity index (χ4v) is 1.05. The molecule has 0 N–H and O–H groups in total. The molecule has 4 nitrogen and oxygen atoms in total. The Kier molecular flexibility index (Phi) is 3.63. The summed E-state index contributed by atoms with van der Waals surface area (Å²) in [6.45, 7) is 8.64. The van der Waals surface area contributed by atoms with Crippen LogP contribution in [0.5, 0.6) is 0 Å². The van der Waals surface area contributed by atoms with E-state index in [1.807, 2.05) is 27.7 Å². The highest BCUT2D eigenvalue weighted by atomic mass is 16.5. The lowest BCUT2D eigenvalue weighted by Gasteiger charge is -2.18. The molecule has 1 aromatic heterocycles. The van der Waals surface area contributed by atoms with Crippen LogP contribution in [0, 0.1) is 0 Å². The van der Waals surface area contributed by atoms with E-state index in [9.17, 15) is 4.79 Å². The Labute approximate surface area is 90.2 Å². The number of carbonyl (C=O) groups excluding carboxylic acids is 1.